The van der Waals surface area contributed by atoms with Gasteiger partial charge in [0.15, 0.2) is 9.84 Å². The first-order valence-electron chi connectivity index (χ1n) is 9.71. The van der Waals surface area contributed by atoms with Crippen molar-refractivity contribution in [2.45, 2.75) is 44.6 Å². The van der Waals surface area contributed by atoms with Gasteiger partial charge in [-0.15, -0.1) is 0 Å². The van der Waals surface area contributed by atoms with Crippen LogP contribution in [-0.2, 0) is 9.84 Å². The number of ether oxygens (including phenoxy) is 1. The number of hydrogen-bond donors (Lipinski definition) is 1. The second-order valence-corrected chi connectivity index (χ2v) is 9.34. The van der Waals surface area contributed by atoms with Crippen LogP contribution in [0.3, 0.4) is 0 Å². The van der Waals surface area contributed by atoms with Crippen LogP contribution < -0.4 is 10.1 Å². The van der Waals surface area contributed by atoms with Gasteiger partial charge in [-0.1, -0.05) is 18.9 Å². The third-order valence-corrected chi connectivity index (χ3v) is 5.39. The van der Waals surface area contributed by atoms with Crippen LogP contribution in [-0.4, -0.2) is 36.6 Å². The lowest BCUT2D eigenvalue weighted by Crippen LogP contribution is -2.31. The molecular formula is C21H24FN3O4S. The van der Waals surface area contributed by atoms with E-state index in [1.165, 1.54) is 36.5 Å². The summed E-state index contributed by atoms with van der Waals surface area (Å²) in [5.41, 5.74) is 0.112. The average molecular weight is 434 g/mol. The molecule has 0 aliphatic heterocycles. The Kier molecular flexibility index (Phi) is 6.81. The van der Waals surface area contributed by atoms with Crippen LogP contribution in [0.25, 0.3) is 0 Å². The predicted molar refractivity (Wildman–Crippen MR) is 111 cm³/mol. The molecule has 0 saturated heterocycles. The maximum atomic E-state index is 13.2. The minimum Gasteiger partial charge on any atom is -0.438 e. The van der Waals surface area contributed by atoms with Crippen molar-refractivity contribution in [1.29, 1.82) is 0 Å². The van der Waals surface area contributed by atoms with Gasteiger partial charge in [0, 0.05) is 29.8 Å². The summed E-state index contributed by atoms with van der Waals surface area (Å²) in [6, 6.07) is 4.87. The predicted octanol–water partition coefficient (Wildman–Crippen LogP) is 3.74. The largest absolute Gasteiger partial charge is 0.438 e. The number of halogens is 1. The zero-order valence-electron chi connectivity index (χ0n) is 16.8. The van der Waals surface area contributed by atoms with E-state index < -0.39 is 27.6 Å². The van der Waals surface area contributed by atoms with Crippen molar-refractivity contribution in [3.63, 3.8) is 0 Å². The highest BCUT2D eigenvalue weighted by atomic mass is 32.2. The number of carbonyl (C=O) groups excluding carboxylic acids is 1. The Hall–Kier alpha value is -2.81. The second kappa shape index (κ2) is 9.34. The van der Waals surface area contributed by atoms with E-state index in [0.717, 1.165) is 37.3 Å². The molecule has 2 aromatic rings. The number of carbonyl (C=O) groups is 1. The highest BCUT2D eigenvalue weighted by Gasteiger charge is 2.24. The summed E-state index contributed by atoms with van der Waals surface area (Å²) in [5.74, 6) is 0.346. The smallest absolute Gasteiger partial charge is 0.258 e. The first kappa shape index (κ1) is 21.9. The van der Waals surface area contributed by atoms with E-state index >= 15 is 0 Å². The standard InChI is InChI=1S/C21H24FN3O4S/c1-14(11-12-30(2,27)28)24-20(26)18-13-23-19(15-5-3-4-6-15)25-21(18)29-17-9-7-16(22)8-10-17/h7-15H,3-6H2,1-2H3,(H,24,26)/b12-11+/t14-/m0/s1. The number of amides is 1. The number of nitrogens with zero attached hydrogens (tertiary/aromatic N) is 2. The molecule has 1 heterocycles. The van der Waals surface area contributed by atoms with Crippen molar-refractivity contribution < 1.29 is 22.3 Å². The molecule has 1 amide bonds. The number of aromatic nitrogens is 2. The first-order chi connectivity index (χ1) is 14.2. The van der Waals surface area contributed by atoms with Crippen LogP contribution in [0.5, 0.6) is 11.6 Å². The fraction of sp³-hybridized carbons (Fsp3) is 0.381. The third kappa shape index (κ3) is 6.09. The quantitative estimate of drug-likeness (QED) is 0.714. The molecule has 0 spiro atoms. The van der Waals surface area contributed by atoms with Crippen LogP contribution >= 0.6 is 0 Å². The van der Waals surface area contributed by atoms with Crippen molar-refractivity contribution in [2.75, 3.05) is 6.26 Å². The van der Waals surface area contributed by atoms with Gasteiger partial charge in [-0.25, -0.2) is 17.8 Å². The lowest BCUT2D eigenvalue weighted by molar-refractivity contribution is 0.0943. The molecule has 9 heteroatoms. The monoisotopic (exact) mass is 433 g/mol. The van der Waals surface area contributed by atoms with E-state index in [4.69, 9.17) is 4.74 Å². The summed E-state index contributed by atoms with van der Waals surface area (Å²) in [4.78, 5) is 21.6. The van der Waals surface area contributed by atoms with Gasteiger partial charge in [-0.05, 0) is 44.0 Å². The summed E-state index contributed by atoms with van der Waals surface area (Å²) in [7, 11) is -3.30. The molecule has 1 aliphatic carbocycles. The highest BCUT2D eigenvalue weighted by molar-refractivity contribution is 7.93. The van der Waals surface area contributed by atoms with Gasteiger partial charge in [-0.2, -0.15) is 4.98 Å². The molecule has 1 N–H and O–H groups in total. The number of nitrogens with one attached hydrogen (secondary N) is 1. The number of rotatable bonds is 7. The normalized spacial score (nSPS) is 16.0. The van der Waals surface area contributed by atoms with Crippen molar-refractivity contribution in [1.82, 2.24) is 15.3 Å². The zero-order chi connectivity index (χ0) is 21.7. The SMILES string of the molecule is C[C@@H](/C=C/S(C)(=O)=O)NC(=O)c1cnc(C2CCCC2)nc1Oc1ccc(F)cc1. The summed E-state index contributed by atoms with van der Waals surface area (Å²) in [6.07, 6.45) is 8.04. The Morgan fingerprint density at radius 1 is 1.27 bits per heavy atom. The summed E-state index contributed by atoms with van der Waals surface area (Å²) in [5, 5.41) is 3.72. The van der Waals surface area contributed by atoms with Crippen LogP contribution in [0.4, 0.5) is 4.39 Å². The van der Waals surface area contributed by atoms with Gasteiger partial charge < -0.3 is 10.1 Å². The van der Waals surface area contributed by atoms with Crippen molar-refractivity contribution in [3.05, 3.63) is 59.2 Å². The molecule has 1 aliphatic rings. The summed E-state index contributed by atoms with van der Waals surface area (Å²) >= 11 is 0. The third-order valence-electron chi connectivity index (χ3n) is 4.74. The lowest BCUT2D eigenvalue weighted by atomic mass is 10.1. The van der Waals surface area contributed by atoms with E-state index in [-0.39, 0.29) is 17.4 Å². The molecule has 3 rings (SSSR count). The van der Waals surface area contributed by atoms with Gasteiger partial charge in [0.25, 0.3) is 5.91 Å². The van der Waals surface area contributed by atoms with Crippen molar-refractivity contribution in [3.8, 4) is 11.6 Å². The summed E-state index contributed by atoms with van der Waals surface area (Å²) in [6.45, 7) is 1.65. The van der Waals surface area contributed by atoms with Crippen molar-refractivity contribution >= 4 is 15.7 Å². The molecule has 160 valence electrons. The molecule has 0 unspecified atom stereocenters. The number of hydrogen-bond acceptors (Lipinski definition) is 6. The zero-order valence-corrected chi connectivity index (χ0v) is 17.7. The Labute approximate surface area is 175 Å². The summed E-state index contributed by atoms with van der Waals surface area (Å²) < 4.78 is 41.5. The van der Waals surface area contributed by atoms with E-state index in [9.17, 15) is 17.6 Å². The van der Waals surface area contributed by atoms with Gasteiger partial charge in [0.2, 0.25) is 5.88 Å². The van der Waals surface area contributed by atoms with Crippen LogP contribution in [0, 0.1) is 5.82 Å². The van der Waals surface area contributed by atoms with E-state index in [1.807, 2.05) is 0 Å². The maximum Gasteiger partial charge on any atom is 0.258 e. The highest BCUT2D eigenvalue weighted by Crippen LogP contribution is 2.34. The molecule has 0 radical (unpaired) electrons. The second-order valence-electron chi connectivity index (χ2n) is 7.40. The fourth-order valence-electron chi connectivity index (χ4n) is 3.20. The van der Waals surface area contributed by atoms with Gasteiger partial charge in [0.1, 0.15) is 23.0 Å². The topological polar surface area (TPSA) is 98.2 Å². The lowest BCUT2D eigenvalue weighted by Gasteiger charge is -2.15. The Bertz CT molecular complexity index is 1030. The maximum absolute atomic E-state index is 13.2. The molecular weight excluding hydrogens is 409 g/mol. The Morgan fingerprint density at radius 2 is 1.93 bits per heavy atom. The Balaban J connectivity index is 1.86. The van der Waals surface area contributed by atoms with Crippen molar-refractivity contribution in [2.24, 2.45) is 0 Å². The molecule has 1 fully saturated rings. The Morgan fingerprint density at radius 3 is 2.57 bits per heavy atom. The molecule has 30 heavy (non-hydrogen) atoms. The average Bonchev–Trinajstić information content (AvgIpc) is 3.22. The van der Waals surface area contributed by atoms with Crippen LogP contribution in [0.2, 0.25) is 0 Å². The van der Waals surface area contributed by atoms with E-state index in [2.05, 4.69) is 15.3 Å². The van der Waals surface area contributed by atoms with E-state index in [0.29, 0.717) is 11.6 Å². The van der Waals surface area contributed by atoms with Gasteiger partial charge in [-0.3, -0.25) is 4.79 Å². The molecule has 1 atom stereocenters. The number of sulfone groups is 1. The molecule has 1 saturated carbocycles. The molecule has 1 aromatic heterocycles. The van der Waals surface area contributed by atoms with Crippen LogP contribution in [0.15, 0.2) is 41.9 Å². The van der Waals surface area contributed by atoms with Crippen LogP contribution in [0.1, 0.15) is 54.7 Å². The molecule has 1 aromatic carbocycles. The van der Waals surface area contributed by atoms with E-state index in [1.54, 1.807) is 6.92 Å². The number of benzene rings is 1. The van der Waals surface area contributed by atoms with Gasteiger partial charge in [0.05, 0.1) is 0 Å². The minimum absolute atomic E-state index is 0.0790. The fourth-order valence-corrected chi connectivity index (χ4v) is 3.72. The molecule has 7 nitrogen and oxygen atoms in total. The molecule has 0 bridgehead atoms. The minimum atomic E-state index is -3.30. The van der Waals surface area contributed by atoms with Gasteiger partial charge >= 0.3 is 0 Å². The first-order valence-corrected chi connectivity index (χ1v) is 11.7.